The van der Waals surface area contributed by atoms with E-state index in [-0.39, 0.29) is 18.2 Å². The summed E-state index contributed by atoms with van der Waals surface area (Å²) in [6.45, 7) is 0. The molecule has 1 aliphatic rings. The quantitative estimate of drug-likeness (QED) is 0.724. The molecule has 2 N–H and O–H groups in total. The number of ether oxygens (including phenoxy) is 1. The first-order chi connectivity index (χ1) is 6.24. The fourth-order valence-corrected chi connectivity index (χ4v) is 1.21. The van der Waals surface area contributed by atoms with Gasteiger partial charge in [-0.2, -0.15) is 0 Å². The summed E-state index contributed by atoms with van der Waals surface area (Å²) in [5.74, 6) is -0.460. The zero-order chi connectivity index (χ0) is 9.26. The Bertz CT molecular complexity index is 284. The fraction of sp³-hybridized carbons (Fsp3) is 0.500. The molecule has 1 fully saturated rings. The number of rotatable bonds is 2. The molecule has 0 aromatic carbocycles. The van der Waals surface area contributed by atoms with Gasteiger partial charge in [0.05, 0.1) is 12.4 Å². The predicted octanol–water partition coefficient (Wildman–Crippen LogP) is 0.484. The Kier molecular flexibility index (Phi) is 2.10. The Morgan fingerprint density at radius 2 is 2.00 bits per heavy atom. The molecule has 0 atom stereocenters. The molecular weight excluding hydrogens is 173 g/mol. The highest BCUT2D eigenvalue weighted by Crippen LogP contribution is 2.21. The molecule has 0 unspecified atom stereocenters. The lowest BCUT2D eigenvalue weighted by atomic mass is 9.90. The summed E-state index contributed by atoms with van der Waals surface area (Å²) in [6.07, 6.45) is 3.91. The molecule has 0 saturated heterocycles. The first-order valence-electron chi connectivity index (χ1n) is 4.14. The van der Waals surface area contributed by atoms with Crippen LogP contribution in [0.5, 0.6) is 6.01 Å². The predicted molar refractivity (Wildman–Crippen MR) is 43.6 cm³/mol. The van der Waals surface area contributed by atoms with Crippen LogP contribution >= 0.6 is 0 Å². The van der Waals surface area contributed by atoms with Crippen molar-refractivity contribution in [2.45, 2.75) is 25.0 Å². The standard InChI is InChI=1S/C8H10FN3O/c9-5-3-11-8(12-4-5)13-7-1-6(10)2-7/h3-4,6-7H,1-2,10H2/t6-,7-. The summed E-state index contributed by atoms with van der Waals surface area (Å²) in [6, 6.07) is 0.448. The Hall–Kier alpha value is -1.23. The molecule has 0 spiro atoms. The van der Waals surface area contributed by atoms with Crippen molar-refractivity contribution in [2.24, 2.45) is 5.73 Å². The molecule has 0 aliphatic heterocycles. The molecule has 4 nitrogen and oxygen atoms in total. The number of hydrogen-bond donors (Lipinski definition) is 1. The minimum atomic E-state index is -0.460. The third-order valence-electron chi connectivity index (χ3n) is 2.00. The molecule has 2 rings (SSSR count). The van der Waals surface area contributed by atoms with Crippen molar-refractivity contribution in [1.82, 2.24) is 9.97 Å². The van der Waals surface area contributed by atoms with Crippen molar-refractivity contribution >= 4 is 0 Å². The zero-order valence-corrected chi connectivity index (χ0v) is 6.98. The van der Waals surface area contributed by atoms with Crippen LogP contribution in [0.2, 0.25) is 0 Å². The second-order valence-corrected chi connectivity index (χ2v) is 3.16. The van der Waals surface area contributed by atoms with Crippen LogP contribution in [-0.2, 0) is 0 Å². The summed E-state index contributed by atoms with van der Waals surface area (Å²) >= 11 is 0. The van der Waals surface area contributed by atoms with Gasteiger partial charge in [-0.1, -0.05) is 0 Å². The third kappa shape index (κ3) is 1.92. The van der Waals surface area contributed by atoms with Crippen molar-refractivity contribution in [3.63, 3.8) is 0 Å². The lowest BCUT2D eigenvalue weighted by Gasteiger charge is -2.31. The highest BCUT2D eigenvalue weighted by Gasteiger charge is 2.28. The molecule has 1 aliphatic carbocycles. The second kappa shape index (κ2) is 3.26. The molecule has 70 valence electrons. The van der Waals surface area contributed by atoms with E-state index in [0.717, 1.165) is 25.2 Å². The van der Waals surface area contributed by atoms with Gasteiger partial charge in [0.15, 0.2) is 5.82 Å². The summed E-state index contributed by atoms with van der Waals surface area (Å²) < 4.78 is 17.7. The van der Waals surface area contributed by atoms with E-state index in [1.165, 1.54) is 0 Å². The molecule has 13 heavy (non-hydrogen) atoms. The number of halogens is 1. The van der Waals surface area contributed by atoms with Gasteiger partial charge in [-0.3, -0.25) is 0 Å². The fourth-order valence-electron chi connectivity index (χ4n) is 1.21. The highest BCUT2D eigenvalue weighted by molar-refractivity contribution is 4.98. The first kappa shape index (κ1) is 8.37. The lowest BCUT2D eigenvalue weighted by Crippen LogP contribution is -2.43. The smallest absolute Gasteiger partial charge is 0.316 e. The van der Waals surface area contributed by atoms with E-state index >= 15 is 0 Å². The van der Waals surface area contributed by atoms with Gasteiger partial charge < -0.3 is 10.5 Å². The van der Waals surface area contributed by atoms with Crippen LogP contribution in [-0.4, -0.2) is 22.1 Å². The van der Waals surface area contributed by atoms with Crippen LogP contribution in [0.15, 0.2) is 12.4 Å². The van der Waals surface area contributed by atoms with E-state index in [1.807, 2.05) is 0 Å². The molecule has 0 bridgehead atoms. The molecule has 0 radical (unpaired) electrons. The summed E-state index contributed by atoms with van der Waals surface area (Å²) in [7, 11) is 0. The molecular formula is C8H10FN3O. The van der Waals surface area contributed by atoms with Crippen LogP contribution in [0.4, 0.5) is 4.39 Å². The Morgan fingerprint density at radius 1 is 1.38 bits per heavy atom. The SMILES string of the molecule is N[C@H]1C[C@H](Oc2ncc(F)cn2)C1. The summed E-state index contributed by atoms with van der Waals surface area (Å²) in [5, 5.41) is 0. The number of hydrogen-bond acceptors (Lipinski definition) is 4. The van der Waals surface area contributed by atoms with E-state index in [0.29, 0.717) is 0 Å². The maximum Gasteiger partial charge on any atom is 0.316 e. The van der Waals surface area contributed by atoms with Crippen LogP contribution < -0.4 is 10.5 Å². The first-order valence-corrected chi connectivity index (χ1v) is 4.14. The van der Waals surface area contributed by atoms with Crippen molar-refractivity contribution in [2.75, 3.05) is 0 Å². The average molecular weight is 183 g/mol. The third-order valence-corrected chi connectivity index (χ3v) is 2.00. The topological polar surface area (TPSA) is 61.0 Å². The Balaban J connectivity index is 1.91. The van der Waals surface area contributed by atoms with Crippen LogP contribution in [0, 0.1) is 5.82 Å². The second-order valence-electron chi connectivity index (χ2n) is 3.16. The molecule has 0 amide bonds. The lowest BCUT2D eigenvalue weighted by molar-refractivity contribution is 0.0901. The van der Waals surface area contributed by atoms with Gasteiger partial charge >= 0.3 is 6.01 Å². The van der Waals surface area contributed by atoms with Gasteiger partial charge in [-0.05, 0) is 12.8 Å². The van der Waals surface area contributed by atoms with Crippen molar-refractivity contribution < 1.29 is 9.13 Å². The molecule has 1 heterocycles. The van der Waals surface area contributed by atoms with Crippen molar-refractivity contribution in [1.29, 1.82) is 0 Å². The van der Waals surface area contributed by atoms with Crippen LogP contribution in [0.1, 0.15) is 12.8 Å². The maximum absolute atomic E-state index is 12.4. The van der Waals surface area contributed by atoms with E-state index in [1.54, 1.807) is 0 Å². The molecule has 1 saturated carbocycles. The van der Waals surface area contributed by atoms with Crippen molar-refractivity contribution in [3.05, 3.63) is 18.2 Å². The number of nitrogens with zero attached hydrogens (tertiary/aromatic N) is 2. The van der Waals surface area contributed by atoms with Gasteiger partial charge in [0.1, 0.15) is 6.10 Å². The van der Waals surface area contributed by atoms with Crippen LogP contribution in [0.3, 0.4) is 0 Å². The Morgan fingerprint density at radius 3 is 2.54 bits per heavy atom. The highest BCUT2D eigenvalue weighted by atomic mass is 19.1. The maximum atomic E-state index is 12.4. The Labute approximate surface area is 74.9 Å². The van der Waals surface area contributed by atoms with E-state index in [9.17, 15) is 4.39 Å². The minimum Gasteiger partial charge on any atom is -0.460 e. The molecule has 5 heteroatoms. The van der Waals surface area contributed by atoms with E-state index in [4.69, 9.17) is 10.5 Å². The normalized spacial score (nSPS) is 26.6. The average Bonchev–Trinajstić information content (AvgIpc) is 2.06. The van der Waals surface area contributed by atoms with E-state index < -0.39 is 5.82 Å². The minimum absolute atomic E-state index is 0.0976. The van der Waals surface area contributed by atoms with Gasteiger partial charge in [0.2, 0.25) is 0 Å². The van der Waals surface area contributed by atoms with Gasteiger partial charge in [-0.25, -0.2) is 14.4 Å². The van der Waals surface area contributed by atoms with E-state index in [2.05, 4.69) is 9.97 Å². The number of aromatic nitrogens is 2. The largest absolute Gasteiger partial charge is 0.460 e. The number of nitrogens with two attached hydrogens (primary N) is 1. The van der Waals surface area contributed by atoms with Gasteiger partial charge in [-0.15, -0.1) is 0 Å². The zero-order valence-electron chi connectivity index (χ0n) is 6.98. The monoisotopic (exact) mass is 183 g/mol. The molecule has 1 aromatic rings. The summed E-state index contributed by atoms with van der Waals surface area (Å²) in [4.78, 5) is 7.35. The summed E-state index contributed by atoms with van der Waals surface area (Å²) in [5.41, 5.74) is 5.57. The van der Waals surface area contributed by atoms with Crippen molar-refractivity contribution in [3.8, 4) is 6.01 Å². The van der Waals surface area contributed by atoms with Gasteiger partial charge in [0.25, 0.3) is 0 Å². The van der Waals surface area contributed by atoms with Gasteiger partial charge in [0, 0.05) is 6.04 Å². The molecule has 1 aromatic heterocycles. The van der Waals surface area contributed by atoms with Crippen LogP contribution in [0.25, 0.3) is 0 Å².